The Balaban J connectivity index is 1.39. The van der Waals surface area contributed by atoms with E-state index in [-0.39, 0.29) is 24.3 Å². The Bertz CT molecular complexity index is 1230. The maximum atomic E-state index is 12.2. The van der Waals surface area contributed by atoms with E-state index in [2.05, 4.69) is 32.3 Å². The molecule has 0 bridgehead atoms. The van der Waals surface area contributed by atoms with E-state index in [1.807, 2.05) is 75.3 Å². The first-order valence-corrected chi connectivity index (χ1v) is 12.6. The van der Waals surface area contributed by atoms with Gasteiger partial charge in [-0.2, -0.15) is 0 Å². The molecule has 1 saturated heterocycles. The fraction of sp³-hybridized carbons (Fsp3) is 0.357. The molecule has 4 rings (SSSR count). The molecule has 1 aliphatic rings. The van der Waals surface area contributed by atoms with E-state index in [0.717, 1.165) is 54.5 Å². The summed E-state index contributed by atoms with van der Waals surface area (Å²) in [6, 6.07) is 18.0. The van der Waals surface area contributed by atoms with E-state index in [1.165, 1.54) is 0 Å². The van der Waals surface area contributed by atoms with E-state index in [1.54, 1.807) is 6.20 Å². The third-order valence-corrected chi connectivity index (χ3v) is 6.64. The van der Waals surface area contributed by atoms with Gasteiger partial charge < -0.3 is 20.9 Å². The Labute approximate surface area is 218 Å². The van der Waals surface area contributed by atoms with Gasteiger partial charge in [0.15, 0.2) is 6.54 Å². The van der Waals surface area contributed by atoms with Crippen LogP contribution in [0.1, 0.15) is 13.8 Å². The van der Waals surface area contributed by atoms with E-state index in [0.29, 0.717) is 10.4 Å². The minimum atomic E-state index is -0.339. The topological polar surface area (TPSA) is 104 Å². The SMILES string of the molecule is CC(C)C(=O)N1CCN(c2ccc(Nc3nccc(-c4ccc([N+](C)(C)CC(N)=O)cc4)n3)cc2)CC1. The summed E-state index contributed by atoms with van der Waals surface area (Å²) in [6.07, 6.45) is 1.73. The number of hydrogen-bond donors (Lipinski definition) is 2. The number of quaternary nitrogens is 1. The summed E-state index contributed by atoms with van der Waals surface area (Å²) >= 11 is 0. The number of nitrogens with one attached hydrogen (secondary N) is 1. The second-order valence-electron chi connectivity index (χ2n) is 10.3. The van der Waals surface area contributed by atoms with Crippen molar-refractivity contribution in [1.82, 2.24) is 19.4 Å². The van der Waals surface area contributed by atoms with Crippen LogP contribution in [0.3, 0.4) is 0 Å². The van der Waals surface area contributed by atoms with Crippen LogP contribution in [0.2, 0.25) is 0 Å². The summed E-state index contributed by atoms with van der Waals surface area (Å²) in [6.45, 7) is 7.28. The number of aromatic nitrogens is 2. The average Bonchev–Trinajstić information content (AvgIpc) is 2.88. The lowest BCUT2D eigenvalue weighted by Crippen LogP contribution is -2.49. The van der Waals surface area contributed by atoms with Crippen LogP contribution >= 0.6 is 0 Å². The van der Waals surface area contributed by atoms with E-state index in [4.69, 9.17) is 5.73 Å². The molecule has 9 nitrogen and oxygen atoms in total. The van der Waals surface area contributed by atoms with Gasteiger partial charge in [0.2, 0.25) is 11.9 Å². The van der Waals surface area contributed by atoms with Crippen molar-refractivity contribution in [2.45, 2.75) is 13.8 Å². The van der Waals surface area contributed by atoms with Crippen molar-refractivity contribution in [2.24, 2.45) is 11.7 Å². The van der Waals surface area contributed by atoms with E-state index in [9.17, 15) is 9.59 Å². The molecule has 2 heterocycles. The first-order valence-electron chi connectivity index (χ1n) is 12.6. The minimum absolute atomic E-state index is 0.0386. The van der Waals surface area contributed by atoms with Crippen molar-refractivity contribution in [3.63, 3.8) is 0 Å². The quantitative estimate of drug-likeness (QED) is 0.458. The van der Waals surface area contributed by atoms with Gasteiger partial charge in [-0.25, -0.2) is 9.97 Å². The fourth-order valence-electron chi connectivity index (χ4n) is 4.53. The number of amides is 2. The molecule has 3 aromatic rings. The second kappa shape index (κ2) is 11.0. The Morgan fingerprint density at radius 2 is 1.62 bits per heavy atom. The third-order valence-electron chi connectivity index (χ3n) is 6.64. The molecule has 0 radical (unpaired) electrons. The number of carbonyl (C=O) groups excluding carboxylic acids is 2. The summed E-state index contributed by atoms with van der Waals surface area (Å²) in [5.74, 6) is 0.439. The lowest BCUT2D eigenvalue weighted by atomic mass is 10.1. The zero-order valence-electron chi connectivity index (χ0n) is 22.0. The number of anilines is 3. The maximum Gasteiger partial charge on any atom is 0.273 e. The fourth-order valence-corrected chi connectivity index (χ4v) is 4.53. The van der Waals surface area contributed by atoms with Gasteiger partial charge in [0.05, 0.1) is 19.8 Å². The van der Waals surface area contributed by atoms with Crippen LogP contribution in [0.4, 0.5) is 23.0 Å². The lowest BCUT2D eigenvalue weighted by Gasteiger charge is -2.37. The highest BCUT2D eigenvalue weighted by Gasteiger charge is 2.23. The standard InChI is InChI=1S/C28H35N7O2/c1-20(2)27(37)34-17-15-33(16-18-34)23-9-7-22(8-10-23)31-28-30-14-13-25(32-28)21-5-11-24(12-6-21)35(3,4)19-26(29)36/h5-14,20H,15-19H2,1-4H3,(H2-,29,30,31,32,36)/p+1. The zero-order valence-corrected chi connectivity index (χ0v) is 22.0. The van der Waals surface area contributed by atoms with Gasteiger partial charge in [0.25, 0.3) is 5.91 Å². The molecule has 0 spiro atoms. The lowest BCUT2D eigenvalue weighted by molar-refractivity contribution is -0.134. The highest BCUT2D eigenvalue weighted by Crippen LogP contribution is 2.26. The van der Waals surface area contributed by atoms with Crippen LogP contribution in [-0.4, -0.2) is 73.5 Å². The van der Waals surface area contributed by atoms with Crippen LogP contribution in [0.25, 0.3) is 11.3 Å². The van der Waals surface area contributed by atoms with Gasteiger partial charge in [-0.3, -0.25) is 14.1 Å². The summed E-state index contributed by atoms with van der Waals surface area (Å²) in [5.41, 5.74) is 10.2. The number of carbonyl (C=O) groups is 2. The summed E-state index contributed by atoms with van der Waals surface area (Å²) in [4.78, 5) is 36.9. The number of piperazine rings is 1. The Kier molecular flexibility index (Phi) is 7.73. The van der Waals surface area contributed by atoms with Crippen molar-refractivity contribution < 1.29 is 9.59 Å². The molecule has 0 aliphatic carbocycles. The Hall–Kier alpha value is -3.98. The van der Waals surface area contributed by atoms with Crippen LogP contribution < -0.4 is 20.4 Å². The highest BCUT2D eigenvalue weighted by atomic mass is 16.2. The predicted molar refractivity (Wildman–Crippen MR) is 149 cm³/mol. The largest absolute Gasteiger partial charge is 0.368 e. The number of rotatable bonds is 8. The van der Waals surface area contributed by atoms with Crippen molar-refractivity contribution in [3.05, 3.63) is 60.8 Å². The van der Waals surface area contributed by atoms with E-state index >= 15 is 0 Å². The van der Waals surface area contributed by atoms with Gasteiger partial charge in [-0.05, 0) is 54.6 Å². The molecular formula is C28H36N7O2+. The van der Waals surface area contributed by atoms with Gasteiger partial charge in [-0.1, -0.05) is 13.8 Å². The van der Waals surface area contributed by atoms with Crippen LogP contribution in [0.5, 0.6) is 0 Å². The van der Waals surface area contributed by atoms with Gasteiger partial charge in [0.1, 0.15) is 5.69 Å². The van der Waals surface area contributed by atoms with Crippen molar-refractivity contribution in [2.75, 3.05) is 57.0 Å². The molecule has 1 aliphatic heterocycles. The van der Waals surface area contributed by atoms with Gasteiger partial charge in [-0.15, -0.1) is 0 Å². The van der Waals surface area contributed by atoms with Gasteiger partial charge >= 0.3 is 0 Å². The summed E-state index contributed by atoms with van der Waals surface area (Å²) in [5, 5.41) is 3.29. The first-order chi connectivity index (χ1) is 17.6. The average molecular weight is 503 g/mol. The summed E-state index contributed by atoms with van der Waals surface area (Å²) < 4.78 is 0.383. The molecule has 3 N–H and O–H groups in total. The number of nitrogens with two attached hydrogens (primary N) is 1. The number of primary amides is 1. The minimum Gasteiger partial charge on any atom is -0.368 e. The molecule has 0 saturated carbocycles. The molecule has 37 heavy (non-hydrogen) atoms. The molecule has 1 fully saturated rings. The third kappa shape index (κ3) is 6.42. The Morgan fingerprint density at radius 3 is 2.22 bits per heavy atom. The normalized spacial score (nSPS) is 14.1. The molecule has 2 amide bonds. The molecule has 0 atom stereocenters. The predicted octanol–water partition coefficient (Wildman–Crippen LogP) is 3.24. The Morgan fingerprint density at radius 1 is 0.973 bits per heavy atom. The number of benzene rings is 2. The molecular weight excluding hydrogens is 466 g/mol. The number of nitrogens with zero attached hydrogens (tertiary/aromatic N) is 5. The number of hydrogen-bond acceptors (Lipinski definition) is 6. The molecule has 194 valence electrons. The van der Waals surface area contributed by atoms with Crippen LogP contribution in [0.15, 0.2) is 60.8 Å². The zero-order chi connectivity index (χ0) is 26.6. The van der Waals surface area contributed by atoms with Crippen molar-refractivity contribution >= 4 is 34.8 Å². The van der Waals surface area contributed by atoms with Crippen molar-refractivity contribution in [3.8, 4) is 11.3 Å². The molecule has 2 aromatic carbocycles. The van der Waals surface area contributed by atoms with E-state index < -0.39 is 0 Å². The monoisotopic (exact) mass is 502 g/mol. The van der Waals surface area contributed by atoms with Crippen LogP contribution in [-0.2, 0) is 9.59 Å². The second-order valence-corrected chi connectivity index (χ2v) is 10.3. The number of likely N-dealkylation sites (N-methyl/N-ethyl adjacent to an activating group) is 1. The molecule has 0 unspecified atom stereocenters. The molecule has 1 aromatic heterocycles. The summed E-state index contributed by atoms with van der Waals surface area (Å²) in [7, 11) is 3.90. The smallest absolute Gasteiger partial charge is 0.273 e. The maximum absolute atomic E-state index is 12.2. The highest BCUT2D eigenvalue weighted by molar-refractivity contribution is 5.79. The first kappa shape index (κ1) is 26.1. The van der Waals surface area contributed by atoms with Gasteiger partial charge in [0, 0.05) is 55.2 Å². The van der Waals surface area contributed by atoms with Crippen LogP contribution in [0, 0.1) is 5.92 Å². The molecule has 9 heteroatoms. The van der Waals surface area contributed by atoms with Crippen molar-refractivity contribution in [1.29, 1.82) is 0 Å².